The smallest absolute Gasteiger partial charge is 0.0636 e. The molecular formula is C36H56N2Ni. The normalized spacial score (nSPS) is 12.1. The van der Waals surface area contributed by atoms with Gasteiger partial charge in [-0.2, -0.15) is 0 Å². The van der Waals surface area contributed by atoms with E-state index in [2.05, 4.69) is 77.9 Å². The molecule has 0 heterocycles. The third kappa shape index (κ3) is 13.0. The van der Waals surface area contributed by atoms with E-state index in [9.17, 15) is 0 Å². The maximum atomic E-state index is 5.23. The first kappa shape index (κ1) is 35.3. The SMILES string of the molecule is CCCCCC(=Nc1ccc(CCCC)c(CCCC)c1)C(C)=Nc1ccc(CCCC)c(CCCC)c1.[Ni]. The van der Waals surface area contributed by atoms with Crippen molar-refractivity contribution in [1.82, 2.24) is 0 Å². The molecule has 0 saturated carbocycles. The van der Waals surface area contributed by atoms with Crippen LogP contribution < -0.4 is 0 Å². The number of aryl methyl sites for hydroxylation is 4. The number of nitrogens with zero attached hydrogens (tertiary/aromatic N) is 2. The molecule has 2 nitrogen and oxygen atoms in total. The molecule has 0 amide bonds. The molecule has 0 radical (unpaired) electrons. The molecule has 0 fully saturated rings. The molecule has 0 aliphatic heterocycles. The molecule has 0 bridgehead atoms. The van der Waals surface area contributed by atoms with Crippen molar-refractivity contribution in [2.24, 2.45) is 9.98 Å². The molecule has 2 aromatic carbocycles. The fourth-order valence-corrected chi connectivity index (χ4v) is 5.06. The van der Waals surface area contributed by atoms with E-state index >= 15 is 0 Å². The van der Waals surface area contributed by atoms with E-state index in [1.54, 1.807) is 0 Å². The van der Waals surface area contributed by atoms with E-state index < -0.39 is 0 Å². The second kappa shape index (κ2) is 21.1. The monoisotopic (exact) mass is 574 g/mol. The van der Waals surface area contributed by atoms with Crippen molar-refractivity contribution in [2.45, 2.75) is 144 Å². The van der Waals surface area contributed by atoms with Crippen LogP contribution in [0.25, 0.3) is 0 Å². The van der Waals surface area contributed by atoms with E-state index in [1.807, 2.05) is 0 Å². The molecule has 2 rings (SSSR count). The molecule has 0 aromatic heterocycles. The van der Waals surface area contributed by atoms with Gasteiger partial charge in [-0.15, -0.1) is 0 Å². The van der Waals surface area contributed by atoms with Gasteiger partial charge in [0, 0.05) is 16.5 Å². The van der Waals surface area contributed by atoms with Crippen molar-refractivity contribution in [3.05, 3.63) is 58.7 Å². The Kier molecular flexibility index (Phi) is 19.1. The minimum atomic E-state index is 0. The predicted molar refractivity (Wildman–Crippen MR) is 171 cm³/mol. The van der Waals surface area contributed by atoms with Crippen LogP contribution in [-0.2, 0) is 42.2 Å². The van der Waals surface area contributed by atoms with Gasteiger partial charge in [-0.3, -0.25) is 9.98 Å². The van der Waals surface area contributed by atoms with Crippen molar-refractivity contribution < 1.29 is 16.5 Å². The molecule has 3 heteroatoms. The Bertz CT molecular complexity index is 1010. The molecule has 0 aliphatic rings. The number of rotatable bonds is 19. The Labute approximate surface area is 251 Å². The van der Waals surface area contributed by atoms with Crippen molar-refractivity contribution in [3.63, 3.8) is 0 Å². The number of hydrogen-bond donors (Lipinski definition) is 0. The molecule has 2 aromatic rings. The van der Waals surface area contributed by atoms with Crippen LogP contribution in [0.4, 0.5) is 11.4 Å². The third-order valence-corrected chi connectivity index (χ3v) is 7.57. The summed E-state index contributed by atoms with van der Waals surface area (Å²) in [5.74, 6) is 0. The minimum absolute atomic E-state index is 0. The summed E-state index contributed by atoms with van der Waals surface area (Å²) in [6.45, 7) is 13.5. The van der Waals surface area contributed by atoms with Gasteiger partial charge in [-0.25, -0.2) is 0 Å². The number of unbranched alkanes of at least 4 members (excludes halogenated alkanes) is 6. The van der Waals surface area contributed by atoms with Crippen LogP contribution >= 0.6 is 0 Å². The van der Waals surface area contributed by atoms with Crippen molar-refractivity contribution in [1.29, 1.82) is 0 Å². The zero-order valence-corrected chi connectivity index (χ0v) is 27.0. The van der Waals surface area contributed by atoms with E-state index in [-0.39, 0.29) is 16.5 Å². The van der Waals surface area contributed by atoms with Gasteiger partial charge in [0.1, 0.15) is 0 Å². The van der Waals surface area contributed by atoms with Crippen molar-refractivity contribution in [2.75, 3.05) is 0 Å². The van der Waals surface area contributed by atoms with Gasteiger partial charge in [0.05, 0.1) is 22.8 Å². The summed E-state index contributed by atoms with van der Waals surface area (Å²) in [6, 6.07) is 13.8. The summed E-state index contributed by atoms with van der Waals surface area (Å²) in [6.07, 6.45) is 19.2. The van der Waals surface area contributed by atoms with E-state index in [1.165, 1.54) is 99.3 Å². The molecule has 0 aliphatic carbocycles. The van der Waals surface area contributed by atoms with Crippen LogP contribution in [0.15, 0.2) is 46.4 Å². The van der Waals surface area contributed by atoms with Crippen LogP contribution in [0.2, 0.25) is 0 Å². The topological polar surface area (TPSA) is 24.7 Å². The minimum Gasteiger partial charge on any atom is -0.252 e. The number of benzene rings is 2. The van der Waals surface area contributed by atoms with Crippen LogP contribution in [0.3, 0.4) is 0 Å². The standard InChI is InChI=1S/C36H56N2.Ni/c1-7-12-17-22-36(38-35-26-24-31(19-14-9-3)33(28-35)21-16-11-5)29(6)37-34-25-23-30(18-13-8-2)32(27-34)20-15-10-4;/h23-28H,7-22H2,1-6H3;. The second-order valence-electron chi connectivity index (χ2n) is 11.0. The maximum absolute atomic E-state index is 5.23. The van der Waals surface area contributed by atoms with Crippen LogP contribution in [0, 0.1) is 0 Å². The largest absolute Gasteiger partial charge is 0.252 e. The van der Waals surface area contributed by atoms with Gasteiger partial charge < -0.3 is 0 Å². The van der Waals surface area contributed by atoms with Gasteiger partial charge >= 0.3 is 0 Å². The molecule has 0 unspecified atom stereocenters. The molecule has 39 heavy (non-hydrogen) atoms. The first-order chi connectivity index (χ1) is 18.6. The van der Waals surface area contributed by atoms with Crippen LogP contribution in [0.5, 0.6) is 0 Å². The number of hydrogen-bond acceptors (Lipinski definition) is 2. The number of aliphatic imine (C=N–C) groups is 2. The molecule has 0 N–H and O–H groups in total. The van der Waals surface area contributed by atoms with Gasteiger partial charge in [-0.1, -0.05) is 85.3 Å². The van der Waals surface area contributed by atoms with E-state index in [0.717, 1.165) is 48.5 Å². The van der Waals surface area contributed by atoms with E-state index in [0.29, 0.717) is 0 Å². The Morgan fingerprint density at radius 3 is 1.36 bits per heavy atom. The Morgan fingerprint density at radius 1 is 0.513 bits per heavy atom. The van der Waals surface area contributed by atoms with Gasteiger partial charge in [0.2, 0.25) is 0 Å². The summed E-state index contributed by atoms with van der Waals surface area (Å²) in [5, 5.41) is 0. The molecular weight excluding hydrogens is 519 g/mol. The maximum Gasteiger partial charge on any atom is 0.0636 e. The van der Waals surface area contributed by atoms with Gasteiger partial charge in [0.15, 0.2) is 0 Å². The Hall–Kier alpha value is -1.73. The zero-order valence-electron chi connectivity index (χ0n) is 26.0. The quantitative estimate of drug-likeness (QED) is 0.0904. The average Bonchev–Trinajstić information content (AvgIpc) is 2.93. The first-order valence-corrected chi connectivity index (χ1v) is 15.9. The van der Waals surface area contributed by atoms with Gasteiger partial charge in [-0.05, 0) is 118 Å². The summed E-state index contributed by atoms with van der Waals surface area (Å²) in [7, 11) is 0. The predicted octanol–water partition coefficient (Wildman–Crippen LogP) is 11.5. The fourth-order valence-electron chi connectivity index (χ4n) is 5.06. The summed E-state index contributed by atoms with van der Waals surface area (Å²) in [4.78, 5) is 10.4. The Morgan fingerprint density at radius 2 is 0.923 bits per heavy atom. The molecule has 0 atom stereocenters. The first-order valence-electron chi connectivity index (χ1n) is 15.9. The third-order valence-electron chi connectivity index (χ3n) is 7.57. The fraction of sp³-hybridized carbons (Fsp3) is 0.611. The molecule has 0 saturated heterocycles. The summed E-state index contributed by atoms with van der Waals surface area (Å²) >= 11 is 0. The second-order valence-corrected chi connectivity index (χ2v) is 11.0. The van der Waals surface area contributed by atoms with Crippen LogP contribution in [-0.4, -0.2) is 11.4 Å². The van der Waals surface area contributed by atoms with E-state index in [4.69, 9.17) is 9.98 Å². The van der Waals surface area contributed by atoms with Crippen molar-refractivity contribution in [3.8, 4) is 0 Å². The summed E-state index contributed by atoms with van der Waals surface area (Å²) < 4.78 is 0. The molecule has 220 valence electrons. The zero-order chi connectivity index (χ0) is 27.6. The van der Waals surface area contributed by atoms with Gasteiger partial charge in [0.25, 0.3) is 0 Å². The average molecular weight is 576 g/mol. The summed E-state index contributed by atoms with van der Waals surface area (Å²) in [5.41, 5.74) is 10.4. The Balaban J connectivity index is 0.00000760. The van der Waals surface area contributed by atoms with Crippen LogP contribution in [0.1, 0.15) is 141 Å². The van der Waals surface area contributed by atoms with Crippen molar-refractivity contribution >= 4 is 22.8 Å². The molecule has 0 spiro atoms.